The summed E-state index contributed by atoms with van der Waals surface area (Å²) in [6.45, 7) is 5.48. The smallest absolute Gasteiger partial charge is 0.407 e. The van der Waals surface area contributed by atoms with Crippen LogP contribution < -0.4 is 15.5 Å². The number of ether oxygens (including phenoxy) is 1. The Morgan fingerprint density at radius 2 is 1.96 bits per heavy atom. The standard InChI is InChI=1S/C30H37F3N8O4/c1-30(2,3)45-29(44)35-21-12-20(31)15-39(16-21)24-8-10-41-27(36-24)22(13-34-41)28(43)37-26-23(25(32)33)17-40(38-26)14-19-6-4-18(5-7-19)9-11-42/h8,10-11,13-14,17-21,25H,4-7,9,12,15-16H2,1-3H3,(H-,35,37,38,43,44)/p+1/b40-14+/t18?,19?,20-,21-/m1/s1. The highest BCUT2D eigenvalue weighted by atomic mass is 19.3. The molecule has 2 amide bonds. The molecule has 0 aromatic carbocycles. The van der Waals surface area contributed by atoms with Crippen LogP contribution in [-0.2, 0) is 9.53 Å². The van der Waals surface area contributed by atoms with Crippen molar-refractivity contribution >= 4 is 41.8 Å². The van der Waals surface area contributed by atoms with E-state index in [2.05, 4.69) is 25.8 Å². The van der Waals surface area contributed by atoms with Gasteiger partial charge in [-0.1, -0.05) is 4.68 Å². The maximum Gasteiger partial charge on any atom is 0.407 e. The minimum Gasteiger partial charge on any atom is -0.444 e. The number of nitrogens with one attached hydrogen (secondary N) is 2. The number of halogens is 3. The van der Waals surface area contributed by atoms with Gasteiger partial charge in [0.1, 0.15) is 35.0 Å². The number of carbonyl (C=O) groups excluding carboxylic acids is 3. The van der Waals surface area contributed by atoms with Gasteiger partial charge in [-0.15, -0.1) is 0 Å². The number of amides is 2. The normalized spacial score (nSPS) is 24.9. The molecule has 0 bridgehead atoms. The maximum atomic E-state index is 14.7. The van der Waals surface area contributed by atoms with Gasteiger partial charge in [0.25, 0.3) is 12.3 Å². The molecule has 1 saturated carbocycles. The third kappa shape index (κ3) is 8.05. The molecular weight excluding hydrogens is 593 g/mol. The second-order valence-corrected chi connectivity index (χ2v) is 12.7. The number of piperidine rings is 1. The number of rotatable bonds is 7. The van der Waals surface area contributed by atoms with Gasteiger partial charge in [0, 0.05) is 36.6 Å². The summed E-state index contributed by atoms with van der Waals surface area (Å²) in [6, 6.07) is 1.07. The summed E-state index contributed by atoms with van der Waals surface area (Å²) in [6.07, 6.45) is 5.97. The number of anilines is 1. The van der Waals surface area contributed by atoms with E-state index < -0.39 is 41.8 Å². The van der Waals surface area contributed by atoms with Crippen molar-refractivity contribution in [2.45, 2.75) is 83.5 Å². The van der Waals surface area contributed by atoms with Gasteiger partial charge in [-0.25, -0.2) is 27.5 Å². The lowest BCUT2D eigenvalue weighted by atomic mass is 9.81. The van der Waals surface area contributed by atoms with Gasteiger partial charge in [0.2, 0.25) is 12.0 Å². The summed E-state index contributed by atoms with van der Waals surface area (Å²) in [5.41, 5.74) is -0.977. The monoisotopic (exact) mass is 631 g/mol. The van der Waals surface area contributed by atoms with Crippen LogP contribution in [0.2, 0.25) is 0 Å². The van der Waals surface area contributed by atoms with E-state index in [-0.39, 0.29) is 42.5 Å². The number of fused-ring (bicyclic) bond motifs is 1. The summed E-state index contributed by atoms with van der Waals surface area (Å²) in [5.74, 6) is -0.196. The van der Waals surface area contributed by atoms with Crippen molar-refractivity contribution in [1.82, 2.24) is 25.2 Å². The average molecular weight is 632 g/mol. The Bertz CT molecular complexity index is 1520. The summed E-state index contributed by atoms with van der Waals surface area (Å²) in [7, 11) is 0. The predicted octanol–water partition coefficient (Wildman–Crippen LogP) is 3.86. The third-order valence-corrected chi connectivity index (χ3v) is 7.96. The number of nitrogens with zero attached hydrogens (tertiary/aromatic N) is 6. The summed E-state index contributed by atoms with van der Waals surface area (Å²) >= 11 is 0. The Morgan fingerprint density at radius 1 is 1.20 bits per heavy atom. The van der Waals surface area contributed by atoms with Gasteiger partial charge < -0.3 is 25.1 Å². The molecule has 0 radical (unpaired) electrons. The Hall–Kier alpha value is -4.30. The first-order valence-electron chi connectivity index (χ1n) is 15.1. The van der Waals surface area contributed by atoms with Crippen LogP contribution in [0, 0.1) is 11.8 Å². The molecule has 2 aromatic heterocycles. The number of aromatic nitrogens is 3. The third-order valence-electron chi connectivity index (χ3n) is 7.96. The zero-order valence-electron chi connectivity index (χ0n) is 25.5. The van der Waals surface area contributed by atoms with Crippen molar-refractivity contribution in [2.24, 2.45) is 16.9 Å². The molecule has 12 nitrogen and oxygen atoms in total. The molecule has 0 spiro atoms. The Labute approximate surface area is 258 Å². The molecule has 242 valence electrons. The summed E-state index contributed by atoms with van der Waals surface area (Å²) in [5, 5.41) is 13.6. The van der Waals surface area contributed by atoms with Crippen molar-refractivity contribution < 1.29 is 37.0 Å². The van der Waals surface area contributed by atoms with Gasteiger partial charge in [0.05, 0.1) is 18.8 Å². The molecule has 1 aliphatic carbocycles. The van der Waals surface area contributed by atoms with Crippen LogP contribution in [0.15, 0.2) is 35.3 Å². The number of hydrogen-bond donors (Lipinski definition) is 2. The van der Waals surface area contributed by atoms with E-state index >= 15 is 0 Å². The van der Waals surface area contributed by atoms with Gasteiger partial charge >= 0.3 is 6.09 Å². The number of alkyl carbamates (subject to hydrolysis) is 1. The molecule has 45 heavy (non-hydrogen) atoms. The van der Waals surface area contributed by atoms with Crippen LogP contribution in [0.25, 0.3) is 5.65 Å². The lowest BCUT2D eigenvalue weighted by Gasteiger charge is -2.36. The molecule has 2 aliphatic heterocycles. The summed E-state index contributed by atoms with van der Waals surface area (Å²) < 4.78 is 50.6. The first-order valence-corrected chi connectivity index (χ1v) is 15.1. The minimum absolute atomic E-state index is 0.0151. The van der Waals surface area contributed by atoms with Crippen LogP contribution in [-0.4, -0.2) is 86.9 Å². The van der Waals surface area contributed by atoms with E-state index in [1.54, 1.807) is 44.1 Å². The van der Waals surface area contributed by atoms with Crippen LogP contribution in [0.3, 0.4) is 0 Å². The Morgan fingerprint density at radius 3 is 2.64 bits per heavy atom. The Kier molecular flexibility index (Phi) is 9.53. The molecular formula is C30H38F3N8O4+. The van der Waals surface area contributed by atoms with E-state index in [1.165, 1.54) is 21.6 Å². The van der Waals surface area contributed by atoms with Crippen LogP contribution >= 0.6 is 0 Å². The van der Waals surface area contributed by atoms with Gasteiger partial charge in [-0.05, 0) is 58.4 Å². The van der Waals surface area contributed by atoms with Crippen molar-refractivity contribution in [3.8, 4) is 0 Å². The van der Waals surface area contributed by atoms with Crippen molar-refractivity contribution in [2.75, 3.05) is 18.0 Å². The van der Waals surface area contributed by atoms with Crippen LogP contribution in [0.1, 0.15) is 69.7 Å². The van der Waals surface area contributed by atoms with Crippen LogP contribution in [0.5, 0.6) is 0 Å². The molecule has 3 aliphatic rings. The highest BCUT2D eigenvalue weighted by molar-refractivity contribution is 6.14. The van der Waals surface area contributed by atoms with Gasteiger partial charge in [-0.3, -0.25) is 4.79 Å². The first-order chi connectivity index (χ1) is 21.4. The second-order valence-electron chi connectivity index (χ2n) is 12.7. The van der Waals surface area contributed by atoms with Crippen molar-refractivity contribution in [3.05, 3.63) is 35.8 Å². The highest BCUT2D eigenvalue weighted by Crippen LogP contribution is 2.30. The molecule has 2 atom stereocenters. The predicted molar refractivity (Wildman–Crippen MR) is 159 cm³/mol. The zero-order chi connectivity index (χ0) is 32.3. The fourth-order valence-corrected chi connectivity index (χ4v) is 5.84. The molecule has 4 heterocycles. The van der Waals surface area contributed by atoms with E-state index in [0.717, 1.165) is 32.0 Å². The molecule has 1 saturated heterocycles. The number of aldehydes is 1. The number of alkyl halides is 3. The van der Waals surface area contributed by atoms with E-state index in [4.69, 9.17) is 4.74 Å². The fourth-order valence-electron chi connectivity index (χ4n) is 5.84. The van der Waals surface area contributed by atoms with Gasteiger partial charge in [0.15, 0.2) is 11.9 Å². The largest absolute Gasteiger partial charge is 0.444 e. The quantitative estimate of drug-likeness (QED) is 0.350. The zero-order valence-corrected chi connectivity index (χ0v) is 25.5. The molecule has 2 fully saturated rings. The number of carbonyl (C=O) groups is 3. The fraction of sp³-hybridized carbons (Fsp3) is 0.567. The SMILES string of the molecule is CC(C)(C)OC(=O)N[C@@H]1C[C@@H](F)CN(c2ccn3ncc(C(=O)NC4=N/[N+](=C/C5CCC(CC=O)CC5)C=C4C(F)F)c3n2)C1. The maximum absolute atomic E-state index is 14.7. The topological polar surface area (TPSA) is 133 Å². The Balaban J connectivity index is 1.30. The van der Waals surface area contributed by atoms with E-state index in [1.807, 2.05) is 0 Å². The minimum atomic E-state index is -2.88. The van der Waals surface area contributed by atoms with E-state index in [9.17, 15) is 27.6 Å². The van der Waals surface area contributed by atoms with E-state index in [0.29, 0.717) is 18.2 Å². The summed E-state index contributed by atoms with van der Waals surface area (Å²) in [4.78, 5) is 42.6. The molecule has 15 heteroatoms. The van der Waals surface area contributed by atoms with Crippen molar-refractivity contribution in [1.29, 1.82) is 0 Å². The van der Waals surface area contributed by atoms with Crippen LogP contribution in [0.4, 0.5) is 23.8 Å². The number of amidine groups is 1. The molecule has 2 aromatic rings. The molecule has 2 N–H and O–H groups in total. The lowest BCUT2D eigenvalue weighted by Crippen LogP contribution is -2.52. The second kappa shape index (κ2) is 13.4. The first kappa shape index (κ1) is 32.1. The number of hydrazone groups is 1. The number of hydrogen-bond acceptors (Lipinski definition) is 8. The molecule has 0 unspecified atom stereocenters. The lowest BCUT2D eigenvalue weighted by molar-refractivity contribution is -0.456. The molecule has 5 rings (SSSR count). The highest BCUT2D eigenvalue weighted by Gasteiger charge is 2.34. The van der Waals surface area contributed by atoms with Crippen molar-refractivity contribution in [3.63, 3.8) is 0 Å². The average Bonchev–Trinajstić information content (AvgIpc) is 3.56. The van der Waals surface area contributed by atoms with Gasteiger partial charge in [-0.2, -0.15) is 5.10 Å².